The summed E-state index contributed by atoms with van der Waals surface area (Å²) in [5.74, 6) is 2.25. The Morgan fingerprint density at radius 1 is 1.38 bits per heavy atom. The molecule has 0 atom stereocenters. The van der Waals surface area contributed by atoms with Crippen molar-refractivity contribution in [1.29, 1.82) is 0 Å². The fourth-order valence-corrected chi connectivity index (χ4v) is 0.510. The zero-order valence-electron chi connectivity index (χ0n) is 5.31. The van der Waals surface area contributed by atoms with Crippen LogP contribution in [0.3, 0.4) is 0 Å². The fourth-order valence-electron chi connectivity index (χ4n) is 0.510. The van der Waals surface area contributed by atoms with E-state index in [0.29, 0.717) is 0 Å². The highest BCUT2D eigenvalue weighted by Crippen LogP contribution is 1.98. The van der Waals surface area contributed by atoms with Gasteiger partial charge in [-0.05, 0) is 19.8 Å². The van der Waals surface area contributed by atoms with E-state index in [1.54, 1.807) is 6.92 Å². The summed E-state index contributed by atoms with van der Waals surface area (Å²) in [6, 6.07) is 0. The molecule has 0 bridgehead atoms. The van der Waals surface area contributed by atoms with Crippen molar-refractivity contribution in [3.8, 4) is 12.3 Å². The Hall–Kier alpha value is -0.480. The molecule has 1 aliphatic rings. The van der Waals surface area contributed by atoms with Gasteiger partial charge in [-0.1, -0.05) is 0 Å². The van der Waals surface area contributed by atoms with Crippen molar-refractivity contribution in [2.24, 2.45) is 0 Å². The van der Waals surface area contributed by atoms with Crippen LogP contribution in [0.2, 0.25) is 0 Å². The van der Waals surface area contributed by atoms with Crippen molar-refractivity contribution in [3.63, 3.8) is 0 Å². The van der Waals surface area contributed by atoms with Crippen LogP contribution in [0.5, 0.6) is 0 Å². The van der Waals surface area contributed by atoms with E-state index in [0.717, 1.165) is 13.2 Å². The first-order chi connectivity index (χ1) is 3.91. The van der Waals surface area contributed by atoms with Gasteiger partial charge in [-0.25, -0.2) is 0 Å². The monoisotopic (exact) mass is 112 g/mol. The maximum Gasteiger partial charge on any atom is 0.0466 e. The maximum atomic E-state index is 4.94. The van der Waals surface area contributed by atoms with Crippen LogP contribution in [0.25, 0.3) is 0 Å². The molecule has 1 heterocycles. The topological polar surface area (TPSA) is 9.23 Å². The first-order valence-corrected chi connectivity index (χ1v) is 2.87. The van der Waals surface area contributed by atoms with E-state index in [1.807, 2.05) is 0 Å². The lowest BCUT2D eigenvalue weighted by Crippen LogP contribution is -1.74. The molecule has 1 heteroatoms. The number of ether oxygens (including phenoxy) is 1. The second kappa shape index (κ2) is 6.52. The quantitative estimate of drug-likeness (QED) is 0.431. The summed E-state index contributed by atoms with van der Waals surface area (Å²) in [6.07, 6.45) is 7.15. The van der Waals surface area contributed by atoms with Crippen LogP contribution in [0.15, 0.2) is 0 Å². The van der Waals surface area contributed by atoms with Crippen molar-refractivity contribution in [2.75, 3.05) is 13.2 Å². The number of hydrogen-bond acceptors (Lipinski definition) is 1. The average molecular weight is 112 g/mol. The van der Waals surface area contributed by atoms with Crippen LogP contribution < -0.4 is 0 Å². The van der Waals surface area contributed by atoms with Crippen LogP contribution in [0.4, 0.5) is 0 Å². The van der Waals surface area contributed by atoms with Gasteiger partial charge >= 0.3 is 0 Å². The highest BCUT2D eigenvalue weighted by Gasteiger charge is 1.94. The molecule has 1 saturated heterocycles. The zero-order chi connectivity index (χ0) is 6.24. The Kier molecular flexibility index (Phi) is 6.13. The van der Waals surface area contributed by atoms with Crippen molar-refractivity contribution < 1.29 is 4.74 Å². The highest BCUT2D eigenvalue weighted by molar-refractivity contribution is 4.73. The summed E-state index contributed by atoms with van der Waals surface area (Å²) < 4.78 is 4.94. The van der Waals surface area contributed by atoms with Crippen LogP contribution in [-0.2, 0) is 4.74 Å². The summed E-state index contributed by atoms with van der Waals surface area (Å²) in [5.41, 5.74) is 0. The van der Waals surface area contributed by atoms with E-state index >= 15 is 0 Å². The molecule has 1 fully saturated rings. The number of rotatable bonds is 0. The van der Waals surface area contributed by atoms with Gasteiger partial charge in [-0.15, -0.1) is 12.3 Å². The number of terminal acetylenes is 1. The summed E-state index contributed by atoms with van der Waals surface area (Å²) in [4.78, 5) is 0. The second-order valence-electron chi connectivity index (χ2n) is 1.61. The molecule has 1 nitrogen and oxygen atoms in total. The van der Waals surface area contributed by atoms with Gasteiger partial charge in [0.2, 0.25) is 0 Å². The zero-order valence-corrected chi connectivity index (χ0v) is 5.31. The first kappa shape index (κ1) is 7.52. The molecule has 0 aromatic carbocycles. The molecule has 0 N–H and O–H groups in total. The molecule has 0 aromatic rings. The van der Waals surface area contributed by atoms with Gasteiger partial charge in [0, 0.05) is 13.2 Å². The molecule has 0 saturated carbocycles. The van der Waals surface area contributed by atoms with Gasteiger partial charge in [-0.3, -0.25) is 0 Å². The third kappa shape index (κ3) is 5.52. The predicted molar refractivity (Wildman–Crippen MR) is 34.6 cm³/mol. The highest BCUT2D eigenvalue weighted by atomic mass is 16.5. The van der Waals surface area contributed by atoms with Crippen molar-refractivity contribution in [2.45, 2.75) is 19.8 Å². The van der Waals surface area contributed by atoms with Crippen LogP contribution in [0.1, 0.15) is 19.8 Å². The van der Waals surface area contributed by atoms with Gasteiger partial charge in [0.05, 0.1) is 0 Å². The molecule has 8 heavy (non-hydrogen) atoms. The lowest BCUT2D eigenvalue weighted by Gasteiger charge is -1.76. The van der Waals surface area contributed by atoms with Gasteiger partial charge in [0.15, 0.2) is 0 Å². The van der Waals surface area contributed by atoms with Crippen LogP contribution >= 0.6 is 0 Å². The first-order valence-electron chi connectivity index (χ1n) is 2.87. The van der Waals surface area contributed by atoms with Gasteiger partial charge in [0.1, 0.15) is 0 Å². The largest absolute Gasteiger partial charge is 0.381 e. The number of hydrogen-bond donors (Lipinski definition) is 0. The Morgan fingerprint density at radius 2 is 1.75 bits per heavy atom. The third-order valence-corrected chi connectivity index (χ3v) is 0.827. The molecule has 0 spiro atoms. The Labute approximate surface area is 51.0 Å². The van der Waals surface area contributed by atoms with Crippen LogP contribution in [0, 0.1) is 12.3 Å². The molecule has 0 aliphatic carbocycles. The van der Waals surface area contributed by atoms with Gasteiger partial charge in [0.25, 0.3) is 0 Å². The molecule has 1 aliphatic heterocycles. The summed E-state index contributed by atoms with van der Waals surface area (Å²) in [5, 5.41) is 0. The molecule has 1 rings (SSSR count). The van der Waals surface area contributed by atoms with Crippen LogP contribution in [-0.4, -0.2) is 13.2 Å². The SMILES string of the molecule is C#CC.C1CCOC1. The normalized spacial score (nSPS) is 16.0. The van der Waals surface area contributed by atoms with Gasteiger partial charge < -0.3 is 4.74 Å². The molecular weight excluding hydrogens is 100 g/mol. The lowest BCUT2D eigenvalue weighted by molar-refractivity contribution is 0.198. The lowest BCUT2D eigenvalue weighted by atomic mass is 10.4. The Bertz CT molecular complexity index is 59.3. The molecule has 0 radical (unpaired) electrons. The van der Waals surface area contributed by atoms with Crippen molar-refractivity contribution in [1.82, 2.24) is 0 Å². The maximum absolute atomic E-state index is 4.94. The van der Waals surface area contributed by atoms with E-state index in [2.05, 4.69) is 12.3 Å². The molecule has 0 aromatic heterocycles. The van der Waals surface area contributed by atoms with E-state index in [-0.39, 0.29) is 0 Å². The Morgan fingerprint density at radius 3 is 1.88 bits per heavy atom. The van der Waals surface area contributed by atoms with Crippen molar-refractivity contribution in [3.05, 3.63) is 0 Å². The predicted octanol–water partition coefficient (Wildman–Crippen LogP) is 1.44. The smallest absolute Gasteiger partial charge is 0.0466 e. The molecular formula is C7H12O. The van der Waals surface area contributed by atoms with Crippen molar-refractivity contribution >= 4 is 0 Å². The van der Waals surface area contributed by atoms with E-state index in [1.165, 1.54) is 12.8 Å². The Balaban J connectivity index is 0.000000145. The van der Waals surface area contributed by atoms with Gasteiger partial charge in [-0.2, -0.15) is 0 Å². The minimum absolute atomic E-state index is 1.00. The summed E-state index contributed by atoms with van der Waals surface area (Å²) in [7, 11) is 0. The summed E-state index contributed by atoms with van der Waals surface area (Å²) in [6.45, 7) is 3.65. The summed E-state index contributed by atoms with van der Waals surface area (Å²) >= 11 is 0. The molecule has 46 valence electrons. The molecule has 0 amide bonds. The minimum Gasteiger partial charge on any atom is -0.381 e. The fraction of sp³-hybridized carbons (Fsp3) is 0.714. The second-order valence-corrected chi connectivity index (χ2v) is 1.61. The molecule has 0 unspecified atom stereocenters. The van der Waals surface area contributed by atoms with E-state index in [4.69, 9.17) is 4.74 Å². The van der Waals surface area contributed by atoms with E-state index < -0.39 is 0 Å². The standard InChI is InChI=1S/C4H8O.C3H4/c1-2-4-5-3-1;1-3-2/h1-4H2;1H,2H3. The minimum atomic E-state index is 1.00. The average Bonchev–Trinajstić information content (AvgIpc) is 2.17. The van der Waals surface area contributed by atoms with E-state index in [9.17, 15) is 0 Å². The third-order valence-electron chi connectivity index (χ3n) is 0.827.